The largest absolute Gasteiger partial charge is 0.478 e. The van der Waals surface area contributed by atoms with Crippen LogP contribution in [-0.2, 0) is 11.3 Å². The minimum atomic E-state index is -0.249. The van der Waals surface area contributed by atoms with Gasteiger partial charge in [0.05, 0.1) is 18.8 Å². The molecular weight excluding hydrogens is 280 g/mol. The molecular formula is C16H28N4O2. The van der Waals surface area contributed by atoms with Gasteiger partial charge in [0.1, 0.15) is 0 Å². The molecule has 6 nitrogen and oxygen atoms in total. The van der Waals surface area contributed by atoms with Crippen LogP contribution in [0.4, 0.5) is 0 Å². The Kier molecular flexibility index (Phi) is 7.66. The van der Waals surface area contributed by atoms with Gasteiger partial charge in [-0.1, -0.05) is 6.07 Å². The summed E-state index contributed by atoms with van der Waals surface area (Å²) in [7, 11) is 1.70. The fraction of sp³-hybridized carbons (Fsp3) is 0.625. The lowest BCUT2D eigenvalue weighted by Crippen LogP contribution is -2.45. The van der Waals surface area contributed by atoms with Crippen LogP contribution in [0.15, 0.2) is 23.3 Å². The first-order valence-electron chi connectivity index (χ1n) is 7.66. The standard InChI is InChI=1S/C16H28N4O2/c1-6-17-15(20-12-16(3,4)21-5)19-11-13-9-8-10-18-14(13)22-7-2/h8-10H,6-7,11-12H2,1-5H3,(H2,17,19,20). The highest BCUT2D eigenvalue weighted by atomic mass is 16.5. The fourth-order valence-electron chi connectivity index (χ4n) is 1.69. The highest BCUT2D eigenvalue weighted by Gasteiger charge is 2.16. The number of aliphatic imine (C=N–C) groups is 1. The number of aromatic nitrogens is 1. The quantitative estimate of drug-likeness (QED) is 0.567. The molecule has 1 aromatic rings. The van der Waals surface area contributed by atoms with Gasteiger partial charge in [-0.05, 0) is 33.8 Å². The summed E-state index contributed by atoms with van der Waals surface area (Å²) in [6, 6.07) is 3.87. The monoisotopic (exact) mass is 308 g/mol. The van der Waals surface area contributed by atoms with Crippen molar-refractivity contribution in [2.45, 2.75) is 39.8 Å². The topological polar surface area (TPSA) is 67.8 Å². The molecule has 0 amide bonds. The van der Waals surface area contributed by atoms with E-state index >= 15 is 0 Å². The van der Waals surface area contributed by atoms with Crippen LogP contribution < -0.4 is 15.4 Å². The highest BCUT2D eigenvalue weighted by molar-refractivity contribution is 5.79. The Hall–Kier alpha value is -1.82. The fourth-order valence-corrected chi connectivity index (χ4v) is 1.69. The second-order valence-corrected chi connectivity index (χ2v) is 5.41. The molecule has 0 aliphatic heterocycles. The van der Waals surface area contributed by atoms with Crippen molar-refractivity contribution in [3.8, 4) is 5.88 Å². The molecule has 0 fully saturated rings. The van der Waals surface area contributed by atoms with Crippen LogP contribution in [0.3, 0.4) is 0 Å². The SMILES string of the molecule is CCNC(=NCc1cccnc1OCC)NCC(C)(C)OC. The summed E-state index contributed by atoms with van der Waals surface area (Å²) in [5.41, 5.74) is 0.716. The third kappa shape index (κ3) is 6.30. The van der Waals surface area contributed by atoms with Crippen LogP contribution in [0.25, 0.3) is 0 Å². The van der Waals surface area contributed by atoms with Gasteiger partial charge in [0.15, 0.2) is 5.96 Å². The van der Waals surface area contributed by atoms with Gasteiger partial charge in [0.25, 0.3) is 0 Å². The van der Waals surface area contributed by atoms with Crippen molar-refractivity contribution in [1.29, 1.82) is 0 Å². The van der Waals surface area contributed by atoms with Crippen LogP contribution in [0.5, 0.6) is 5.88 Å². The van der Waals surface area contributed by atoms with E-state index in [0.29, 0.717) is 25.6 Å². The molecule has 1 aromatic heterocycles. The summed E-state index contributed by atoms with van der Waals surface area (Å²) in [6.07, 6.45) is 1.72. The number of ether oxygens (including phenoxy) is 2. The first kappa shape index (κ1) is 18.2. The lowest BCUT2D eigenvalue weighted by atomic mass is 10.1. The van der Waals surface area contributed by atoms with Crippen LogP contribution in [0, 0.1) is 0 Å². The number of nitrogens with zero attached hydrogens (tertiary/aromatic N) is 2. The van der Waals surface area contributed by atoms with E-state index in [0.717, 1.165) is 18.1 Å². The molecule has 6 heteroatoms. The lowest BCUT2D eigenvalue weighted by Gasteiger charge is -2.24. The number of rotatable bonds is 8. The molecule has 0 aliphatic rings. The predicted octanol–water partition coefficient (Wildman–Crippen LogP) is 1.96. The van der Waals surface area contributed by atoms with Gasteiger partial charge >= 0.3 is 0 Å². The van der Waals surface area contributed by atoms with Gasteiger partial charge < -0.3 is 20.1 Å². The van der Waals surface area contributed by atoms with Gasteiger partial charge in [-0.3, -0.25) is 0 Å². The summed E-state index contributed by atoms with van der Waals surface area (Å²) in [6.45, 7) is 10.6. The first-order chi connectivity index (χ1) is 10.5. The first-order valence-corrected chi connectivity index (χ1v) is 7.66. The van der Waals surface area contributed by atoms with Gasteiger partial charge in [0.2, 0.25) is 5.88 Å². The highest BCUT2D eigenvalue weighted by Crippen LogP contribution is 2.15. The van der Waals surface area contributed by atoms with Crippen molar-refractivity contribution in [2.75, 3.05) is 26.8 Å². The molecule has 0 aliphatic carbocycles. The van der Waals surface area contributed by atoms with E-state index in [9.17, 15) is 0 Å². The molecule has 0 saturated heterocycles. The molecule has 0 saturated carbocycles. The molecule has 2 N–H and O–H groups in total. The lowest BCUT2D eigenvalue weighted by molar-refractivity contribution is 0.0268. The Balaban J connectivity index is 2.73. The van der Waals surface area contributed by atoms with E-state index in [1.807, 2.05) is 39.8 Å². The number of guanidine groups is 1. The van der Waals surface area contributed by atoms with E-state index in [-0.39, 0.29) is 5.60 Å². The van der Waals surface area contributed by atoms with Crippen LogP contribution in [-0.4, -0.2) is 43.4 Å². The second-order valence-electron chi connectivity index (χ2n) is 5.41. The normalized spacial score (nSPS) is 12.1. The second kappa shape index (κ2) is 9.25. The maximum absolute atomic E-state index is 5.52. The molecule has 0 atom stereocenters. The molecule has 0 radical (unpaired) electrons. The summed E-state index contributed by atoms with van der Waals surface area (Å²) in [5, 5.41) is 6.51. The Bertz CT molecular complexity index is 475. The molecule has 124 valence electrons. The summed E-state index contributed by atoms with van der Waals surface area (Å²) in [5.74, 6) is 1.39. The van der Waals surface area contributed by atoms with Crippen LogP contribution >= 0.6 is 0 Å². The van der Waals surface area contributed by atoms with E-state index < -0.39 is 0 Å². The average molecular weight is 308 g/mol. The van der Waals surface area contributed by atoms with Crippen LogP contribution in [0.1, 0.15) is 33.3 Å². The van der Waals surface area contributed by atoms with E-state index in [1.54, 1.807) is 13.3 Å². The van der Waals surface area contributed by atoms with Gasteiger partial charge in [-0.25, -0.2) is 9.98 Å². The van der Waals surface area contributed by atoms with Crippen LogP contribution in [0.2, 0.25) is 0 Å². The van der Waals surface area contributed by atoms with Crippen molar-refractivity contribution in [1.82, 2.24) is 15.6 Å². The van der Waals surface area contributed by atoms with Gasteiger partial charge in [-0.15, -0.1) is 0 Å². The number of hydrogen-bond acceptors (Lipinski definition) is 4. The Labute approximate surface area is 133 Å². The zero-order valence-corrected chi connectivity index (χ0v) is 14.3. The van der Waals surface area contributed by atoms with Gasteiger partial charge in [0, 0.05) is 32.0 Å². The number of pyridine rings is 1. The zero-order chi connectivity index (χ0) is 16.4. The summed E-state index contributed by atoms with van der Waals surface area (Å²) < 4.78 is 10.9. The Morgan fingerprint density at radius 1 is 1.32 bits per heavy atom. The van der Waals surface area contributed by atoms with E-state index in [4.69, 9.17) is 9.47 Å². The third-order valence-corrected chi connectivity index (χ3v) is 3.12. The molecule has 1 rings (SSSR count). The predicted molar refractivity (Wildman–Crippen MR) is 89.3 cm³/mol. The maximum atomic E-state index is 5.52. The molecule has 0 bridgehead atoms. The van der Waals surface area contributed by atoms with Crippen molar-refractivity contribution in [2.24, 2.45) is 4.99 Å². The third-order valence-electron chi connectivity index (χ3n) is 3.12. The Morgan fingerprint density at radius 2 is 2.09 bits per heavy atom. The number of hydrogen-bond donors (Lipinski definition) is 2. The molecule has 0 unspecified atom stereocenters. The van der Waals surface area contributed by atoms with E-state index in [1.165, 1.54) is 0 Å². The minimum absolute atomic E-state index is 0.249. The maximum Gasteiger partial charge on any atom is 0.218 e. The van der Waals surface area contributed by atoms with Gasteiger partial charge in [-0.2, -0.15) is 0 Å². The number of methoxy groups -OCH3 is 1. The van der Waals surface area contributed by atoms with E-state index in [2.05, 4.69) is 20.6 Å². The molecule has 22 heavy (non-hydrogen) atoms. The number of nitrogens with one attached hydrogen (secondary N) is 2. The van der Waals surface area contributed by atoms with Crippen molar-refractivity contribution < 1.29 is 9.47 Å². The van der Waals surface area contributed by atoms with Crippen molar-refractivity contribution in [3.05, 3.63) is 23.9 Å². The van der Waals surface area contributed by atoms with Crippen molar-refractivity contribution >= 4 is 5.96 Å². The molecule has 0 spiro atoms. The minimum Gasteiger partial charge on any atom is -0.478 e. The molecule has 0 aromatic carbocycles. The van der Waals surface area contributed by atoms with Crippen molar-refractivity contribution in [3.63, 3.8) is 0 Å². The summed E-state index contributed by atoms with van der Waals surface area (Å²) >= 11 is 0. The smallest absolute Gasteiger partial charge is 0.218 e. The zero-order valence-electron chi connectivity index (χ0n) is 14.3. The Morgan fingerprint density at radius 3 is 2.73 bits per heavy atom. The molecule has 1 heterocycles. The summed E-state index contributed by atoms with van der Waals surface area (Å²) in [4.78, 5) is 8.82. The average Bonchev–Trinajstić information content (AvgIpc) is 2.52.